The summed E-state index contributed by atoms with van der Waals surface area (Å²) < 4.78 is -3.47. The second-order valence-electron chi connectivity index (χ2n) is 3.87. The van der Waals surface area contributed by atoms with Crippen molar-refractivity contribution in [1.29, 1.82) is 0 Å². The van der Waals surface area contributed by atoms with E-state index < -0.39 is 8.25 Å². The molecule has 0 aliphatic carbocycles. The average Bonchev–Trinajstić information content (AvgIpc) is 2.55. The molecule has 0 saturated carbocycles. The van der Waals surface area contributed by atoms with Crippen LogP contribution in [0.5, 0.6) is 0 Å². The Kier molecular flexibility index (Phi) is 5.37. The van der Waals surface area contributed by atoms with Crippen molar-refractivity contribution in [2.45, 2.75) is 40.6 Å². The van der Waals surface area contributed by atoms with Gasteiger partial charge in [0.05, 0.1) is 0 Å². The zero-order valence-electron chi connectivity index (χ0n) is 9.51. The summed E-state index contributed by atoms with van der Waals surface area (Å²) >= 11 is 29.7. The van der Waals surface area contributed by atoms with Gasteiger partial charge in [-0.1, -0.05) is 71.3 Å². The highest BCUT2D eigenvalue weighted by atomic mass is 35.6. The molecule has 1 aliphatic heterocycles. The van der Waals surface area contributed by atoms with Crippen LogP contribution in [0.1, 0.15) is 26.2 Å². The van der Waals surface area contributed by atoms with Gasteiger partial charge in [0.15, 0.2) is 0 Å². The quantitative estimate of drug-likeness (QED) is 0.564. The van der Waals surface area contributed by atoms with Gasteiger partial charge in [0, 0.05) is 7.05 Å². The molecular formula is C9H14Cl5N3. The lowest BCUT2D eigenvalue weighted by atomic mass is 10.2. The monoisotopic (exact) mass is 339 g/mol. The van der Waals surface area contributed by atoms with Gasteiger partial charge in [-0.2, -0.15) is 5.10 Å². The van der Waals surface area contributed by atoms with Crippen molar-refractivity contribution in [2.24, 2.45) is 5.10 Å². The van der Waals surface area contributed by atoms with Crippen LogP contribution in [0, 0.1) is 0 Å². The van der Waals surface area contributed by atoms with Crippen LogP contribution < -0.4 is 0 Å². The SMILES string of the molecule is CCCCC1N(C)N=CN1C(Cl)(Cl)C(Cl)(Cl)Cl. The van der Waals surface area contributed by atoms with E-state index >= 15 is 0 Å². The molecule has 0 aromatic rings. The predicted octanol–water partition coefficient (Wildman–Crippen LogP) is 4.20. The first-order valence-electron chi connectivity index (χ1n) is 5.21. The zero-order chi connectivity index (χ0) is 13.3. The number of rotatable bonds is 4. The second kappa shape index (κ2) is 5.79. The lowest BCUT2D eigenvalue weighted by Crippen LogP contribution is -2.53. The molecule has 1 heterocycles. The third kappa shape index (κ3) is 3.38. The molecule has 0 saturated heterocycles. The summed E-state index contributed by atoms with van der Waals surface area (Å²) in [5.74, 6) is 0. The molecule has 17 heavy (non-hydrogen) atoms. The second-order valence-corrected chi connectivity index (χ2v) is 7.44. The number of unbranched alkanes of at least 4 members (excludes halogenated alkanes) is 1. The molecule has 1 aliphatic rings. The Hall–Kier alpha value is 0.720. The molecule has 1 atom stereocenters. The van der Waals surface area contributed by atoms with Crippen LogP contribution in [0.25, 0.3) is 0 Å². The molecule has 1 rings (SSSR count). The summed E-state index contributed by atoms with van der Waals surface area (Å²) in [5.41, 5.74) is 0. The van der Waals surface area contributed by atoms with Gasteiger partial charge in [-0.3, -0.25) is 5.01 Å². The Balaban J connectivity index is 2.85. The van der Waals surface area contributed by atoms with Crippen molar-refractivity contribution >= 4 is 64.3 Å². The number of hydrazone groups is 1. The Morgan fingerprint density at radius 2 is 1.82 bits per heavy atom. The van der Waals surface area contributed by atoms with E-state index in [9.17, 15) is 0 Å². The maximum absolute atomic E-state index is 6.14. The van der Waals surface area contributed by atoms with Crippen molar-refractivity contribution in [2.75, 3.05) is 7.05 Å². The van der Waals surface area contributed by atoms with Gasteiger partial charge >= 0.3 is 0 Å². The van der Waals surface area contributed by atoms with Gasteiger partial charge in [-0.05, 0) is 12.8 Å². The van der Waals surface area contributed by atoms with E-state index in [-0.39, 0.29) is 6.17 Å². The summed E-state index contributed by atoms with van der Waals surface area (Å²) in [6.07, 6.45) is 4.32. The lowest BCUT2D eigenvalue weighted by molar-refractivity contribution is 0.128. The fourth-order valence-electron chi connectivity index (χ4n) is 1.59. The summed E-state index contributed by atoms with van der Waals surface area (Å²) in [4.78, 5) is 1.57. The Morgan fingerprint density at radius 3 is 2.29 bits per heavy atom. The van der Waals surface area contributed by atoms with E-state index in [2.05, 4.69) is 12.0 Å². The van der Waals surface area contributed by atoms with Crippen LogP contribution in [0.2, 0.25) is 0 Å². The minimum atomic E-state index is -1.82. The highest BCUT2D eigenvalue weighted by molar-refractivity contribution is 6.75. The molecule has 0 N–H and O–H groups in total. The van der Waals surface area contributed by atoms with Gasteiger partial charge in [-0.25, -0.2) is 0 Å². The minimum Gasteiger partial charge on any atom is -0.304 e. The predicted molar refractivity (Wildman–Crippen MR) is 76.1 cm³/mol. The molecule has 0 aromatic heterocycles. The molecule has 0 spiro atoms. The fraction of sp³-hybridized carbons (Fsp3) is 0.889. The smallest absolute Gasteiger partial charge is 0.241 e. The number of nitrogens with zero attached hydrogens (tertiary/aromatic N) is 3. The van der Waals surface area contributed by atoms with Crippen LogP contribution in [0.15, 0.2) is 5.10 Å². The summed E-state index contributed by atoms with van der Waals surface area (Å²) in [7, 11) is 1.83. The molecule has 0 fully saturated rings. The normalized spacial score (nSPS) is 21.5. The van der Waals surface area contributed by atoms with Gasteiger partial charge < -0.3 is 4.90 Å². The Morgan fingerprint density at radius 1 is 1.24 bits per heavy atom. The Bertz CT molecular complexity index is 289. The first-order chi connectivity index (χ1) is 7.71. The molecule has 0 amide bonds. The molecule has 0 radical (unpaired) electrons. The number of hydrogen-bond donors (Lipinski definition) is 0. The highest BCUT2D eigenvalue weighted by Gasteiger charge is 2.53. The standard InChI is InChI=1S/C9H14Cl5N3/c1-3-4-5-7-16(2)15-6-17(7)9(13,14)8(10,11)12/h6-7H,3-5H2,1-2H3. The van der Waals surface area contributed by atoms with E-state index in [0.29, 0.717) is 0 Å². The topological polar surface area (TPSA) is 18.8 Å². The zero-order valence-corrected chi connectivity index (χ0v) is 13.3. The van der Waals surface area contributed by atoms with Gasteiger partial charge in [0.25, 0.3) is 0 Å². The van der Waals surface area contributed by atoms with Gasteiger partial charge in [-0.15, -0.1) is 0 Å². The maximum Gasteiger partial charge on any atom is 0.241 e. The third-order valence-electron chi connectivity index (χ3n) is 2.59. The summed E-state index contributed by atoms with van der Waals surface area (Å²) in [5, 5.41) is 5.88. The molecule has 3 nitrogen and oxygen atoms in total. The first-order valence-corrected chi connectivity index (χ1v) is 7.10. The van der Waals surface area contributed by atoms with Crippen LogP contribution >= 0.6 is 58.0 Å². The first kappa shape index (κ1) is 15.8. The van der Waals surface area contributed by atoms with E-state index in [1.165, 1.54) is 6.34 Å². The van der Waals surface area contributed by atoms with Crippen LogP contribution in [0.4, 0.5) is 0 Å². The van der Waals surface area contributed by atoms with E-state index in [1.807, 2.05) is 7.05 Å². The third-order valence-corrected chi connectivity index (χ3v) is 4.95. The largest absolute Gasteiger partial charge is 0.304 e. The summed E-state index contributed by atoms with van der Waals surface area (Å²) in [6.45, 7) is 2.10. The molecule has 0 bridgehead atoms. The van der Waals surface area contributed by atoms with Crippen LogP contribution in [0.3, 0.4) is 0 Å². The molecule has 8 heteroatoms. The van der Waals surface area contributed by atoms with Gasteiger partial charge in [0.1, 0.15) is 12.5 Å². The molecule has 100 valence electrons. The van der Waals surface area contributed by atoms with Crippen molar-refractivity contribution in [1.82, 2.24) is 9.91 Å². The van der Waals surface area contributed by atoms with Crippen molar-refractivity contribution in [3.8, 4) is 0 Å². The lowest BCUT2D eigenvalue weighted by Gasteiger charge is -2.40. The Labute approximate surface area is 127 Å². The van der Waals surface area contributed by atoms with Crippen molar-refractivity contribution in [3.05, 3.63) is 0 Å². The molecule has 1 unspecified atom stereocenters. The number of hydrogen-bond acceptors (Lipinski definition) is 3. The maximum atomic E-state index is 6.14. The molecule has 0 aromatic carbocycles. The highest BCUT2D eigenvalue weighted by Crippen LogP contribution is 2.49. The van der Waals surface area contributed by atoms with Crippen molar-refractivity contribution in [3.63, 3.8) is 0 Å². The average molecular weight is 341 g/mol. The van der Waals surface area contributed by atoms with Gasteiger partial charge in [0.2, 0.25) is 8.25 Å². The van der Waals surface area contributed by atoms with Crippen molar-refractivity contribution < 1.29 is 0 Å². The summed E-state index contributed by atoms with van der Waals surface area (Å²) in [6, 6.07) is 0. The van der Waals surface area contributed by atoms with E-state index in [1.54, 1.807) is 9.91 Å². The van der Waals surface area contributed by atoms with E-state index in [4.69, 9.17) is 58.0 Å². The van der Waals surface area contributed by atoms with E-state index in [0.717, 1.165) is 19.3 Å². The minimum absolute atomic E-state index is 0.0967. The number of alkyl halides is 5. The number of halogens is 5. The van der Waals surface area contributed by atoms with Crippen LogP contribution in [-0.2, 0) is 0 Å². The fourth-order valence-corrected chi connectivity index (χ4v) is 2.20. The molecular weight excluding hydrogens is 327 g/mol. The van der Waals surface area contributed by atoms with Crippen LogP contribution in [-0.4, -0.2) is 37.7 Å².